The van der Waals surface area contributed by atoms with Gasteiger partial charge in [0.25, 0.3) is 0 Å². The quantitative estimate of drug-likeness (QED) is 0.892. The van der Waals surface area contributed by atoms with Gasteiger partial charge in [0.2, 0.25) is 10.0 Å². The Hall–Kier alpha value is -0.140. The Morgan fingerprint density at radius 3 is 2.53 bits per heavy atom. The summed E-state index contributed by atoms with van der Waals surface area (Å²) in [6.45, 7) is 1.67. The third-order valence-electron chi connectivity index (χ3n) is 3.44. The molecule has 1 saturated heterocycles. The van der Waals surface area contributed by atoms with Gasteiger partial charge in [-0.05, 0) is 59.4 Å². The highest BCUT2D eigenvalue weighted by Crippen LogP contribution is 2.28. The van der Waals surface area contributed by atoms with Crippen molar-refractivity contribution >= 4 is 37.6 Å². The molecule has 1 aromatic rings. The number of nitrogens with zero attached hydrogens (tertiary/aromatic N) is 1. The van der Waals surface area contributed by atoms with Crippen LogP contribution in [0.5, 0.6) is 0 Å². The van der Waals surface area contributed by atoms with Crippen LogP contribution in [0.4, 0.5) is 0 Å². The molecule has 0 aromatic heterocycles. The van der Waals surface area contributed by atoms with Crippen molar-refractivity contribution in [1.82, 2.24) is 4.31 Å². The number of benzene rings is 1. The van der Waals surface area contributed by atoms with E-state index < -0.39 is 10.0 Å². The largest absolute Gasteiger partial charge is 0.330 e. The van der Waals surface area contributed by atoms with Crippen LogP contribution in [0.25, 0.3) is 0 Å². The lowest BCUT2D eigenvalue weighted by Crippen LogP contribution is -2.40. The number of sulfonamides is 1. The average molecular weight is 368 g/mol. The Kier molecular flexibility index (Phi) is 4.89. The molecule has 0 saturated carbocycles. The van der Waals surface area contributed by atoms with Crippen LogP contribution >= 0.6 is 27.5 Å². The van der Waals surface area contributed by atoms with Crippen molar-refractivity contribution in [2.24, 2.45) is 11.7 Å². The van der Waals surface area contributed by atoms with Crippen LogP contribution < -0.4 is 5.73 Å². The van der Waals surface area contributed by atoms with Crippen LogP contribution in [0, 0.1) is 5.92 Å². The summed E-state index contributed by atoms with van der Waals surface area (Å²) >= 11 is 9.21. The van der Waals surface area contributed by atoms with Gasteiger partial charge in [0.15, 0.2) is 0 Å². The zero-order chi connectivity index (χ0) is 14.0. The third-order valence-corrected chi connectivity index (χ3v) is 6.56. The van der Waals surface area contributed by atoms with E-state index in [4.69, 9.17) is 17.3 Å². The van der Waals surface area contributed by atoms with Crippen molar-refractivity contribution in [3.8, 4) is 0 Å². The molecule has 106 valence electrons. The normalized spacial score (nSPS) is 18.7. The lowest BCUT2D eigenvalue weighted by atomic mass is 9.99. The molecule has 0 amide bonds. The van der Waals surface area contributed by atoms with E-state index in [9.17, 15) is 8.42 Å². The fourth-order valence-electron chi connectivity index (χ4n) is 2.17. The van der Waals surface area contributed by atoms with Crippen LogP contribution in [0.3, 0.4) is 0 Å². The Bertz CT molecular complexity index is 557. The predicted molar refractivity (Wildman–Crippen MR) is 79.7 cm³/mol. The van der Waals surface area contributed by atoms with Gasteiger partial charge < -0.3 is 5.73 Å². The third kappa shape index (κ3) is 3.31. The van der Waals surface area contributed by atoms with Gasteiger partial charge in [0, 0.05) is 17.6 Å². The summed E-state index contributed by atoms with van der Waals surface area (Å²) < 4.78 is 27.1. The summed E-state index contributed by atoms with van der Waals surface area (Å²) in [5, 5.41) is 0.401. The van der Waals surface area contributed by atoms with Crippen molar-refractivity contribution < 1.29 is 8.42 Å². The fourth-order valence-corrected chi connectivity index (χ4v) is 4.16. The van der Waals surface area contributed by atoms with Gasteiger partial charge in [-0.2, -0.15) is 4.31 Å². The molecule has 1 aromatic carbocycles. The molecule has 1 heterocycles. The highest BCUT2D eigenvalue weighted by molar-refractivity contribution is 9.10. The Morgan fingerprint density at radius 1 is 1.37 bits per heavy atom. The van der Waals surface area contributed by atoms with Gasteiger partial charge in [-0.25, -0.2) is 8.42 Å². The molecule has 1 aliphatic heterocycles. The van der Waals surface area contributed by atoms with Crippen molar-refractivity contribution in [1.29, 1.82) is 0 Å². The van der Waals surface area contributed by atoms with Gasteiger partial charge in [0.05, 0.1) is 9.92 Å². The van der Waals surface area contributed by atoms with Gasteiger partial charge in [0.1, 0.15) is 0 Å². The monoisotopic (exact) mass is 366 g/mol. The minimum absolute atomic E-state index is 0.242. The molecule has 0 atom stereocenters. The Balaban J connectivity index is 2.21. The minimum atomic E-state index is -3.45. The molecule has 19 heavy (non-hydrogen) atoms. The van der Waals surface area contributed by atoms with E-state index in [1.54, 1.807) is 12.1 Å². The first-order valence-corrected chi connectivity index (χ1v) is 8.71. The molecule has 2 rings (SSSR count). The maximum absolute atomic E-state index is 12.5. The molecule has 2 N–H and O–H groups in total. The maximum Gasteiger partial charge on any atom is 0.243 e. The van der Waals surface area contributed by atoms with E-state index in [0.717, 1.165) is 12.8 Å². The molecular weight excluding hydrogens is 352 g/mol. The Morgan fingerprint density at radius 2 is 2.00 bits per heavy atom. The van der Waals surface area contributed by atoms with Crippen LogP contribution in [0.2, 0.25) is 5.02 Å². The molecule has 1 fully saturated rings. The number of halogens is 2. The second-order valence-electron chi connectivity index (χ2n) is 4.66. The van der Waals surface area contributed by atoms with Crippen molar-refractivity contribution in [3.05, 3.63) is 27.7 Å². The summed E-state index contributed by atoms with van der Waals surface area (Å²) in [6, 6.07) is 4.71. The molecular formula is C12H16BrClN2O2S. The number of nitrogens with two attached hydrogens (primary N) is 1. The summed E-state index contributed by atoms with van der Waals surface area (Å²) in [4.78, 5) is 0.242. The van der Waals surface area contributed by atoms with E-state index >= 15 is 0 Å². The summed E-state index contributed by atoms with van der Waals surface area (Å²) in [6.07, 6.45) is 1.64. The minimum Gasteiger partial charge on any atom is -0.330 e. The average Bonchev–Trinajstić information content (AvgIpc) is 2.41. The summed E-state index contributed by atoms with van der Waals surface area (Å²) in [5.41, 5.74) is 5.61. The zero-order valence-electron chi connectivity index (χ0n) is 10.4. The fraction of sp³-hybridized carbons (Fsp3) is 0.500. The van der Waals surface area contributed by atoms with Crippen LogP contribution in [-0.4, -0.2) is 32.4 Å². The first-order valence-electron chi connectivity index (χ1n) is 6.10. The van der Waals surface area contributed by atoms with Crippen molar-refractivity contribution in [3.63, 3.8) is 0 Å². The second kappa shape index (κ2) is 6.10. The van der Waals surface area contributed by atoms with Gasteiger partial charge in [-0.15, -0.1) is 0 Å². The second-order valence-corrected chi connectivity index (χ2v) is 7.86. The van der Waals surface area contributed by atoms with E-state index in [1.807, 2.05) is 0 Å². The SMILES string of the molecule is NCC1CCN(S(=O)(=O)c2ccc(Br)c(Cl)c2)CC1. The smallest absolute Gasteiger partial charge is 0.243 e. The molecule has 0 unspecified atom stereocenters. The molecule has 7 heteroatoms. The summed E-state index contributed by atoms with van der Waals surface area (Å²) in [7, 11) is -3.45. The molecule has 0 aliphatic carbocycles. The molecule has 0 spiro atoms. The predicted octanol–water partition coefficient (Wildman–Crippen LogP) is 2.46. The highest BCUT2D eigenvalue weighted by atomic mass is 79.9. The number of rotatable bonds is 3. The molecule has 0 bridgehead atoms. The highest BCUT2D eigenvalue weighted by Gasteiger charge is 2.29. The van der Waals surface area contributed by atoms with E-state index in [2.05, 4.69) is 15.9 Å². The molecule has 4 nitrogen and oxygen atoms in total. The van der Waals surface area contributed by atoms with Gasteiger partial charge in [-0.1, -0.05) is 11.6 Å². The zero-order valence-corrected chi connectivity index (χ0v) is 13.5. The van der Waals surface area contributed by atoms with E-state index in [0.29, 0.717) is 35.0 Å². The standard InChI is InChI=1S/C12H16BrClN2O2S/c13-11-2-1-10(7-12(11)14)19(17,18)16-5-3-9(8-15)4-6-16/h1-2,7,9H,3-6,8,15H2. The topological polar surface area (TPSA) is 63.4 Å². The van der Waals surface area contributed by atoms with Gasteiger partial charge in [-0.3, -0.25) is 0 Å². The number of hydrogen-bond acceptors (Lipinski definition) is 3. The number of hydrogen-bond donors (Lipinski definition) is 1. The van der Waals surface area contributed by atoms with Crippen molar-refractivity contribution in [2.75, 3.05) is 19.6 Å². The van der Waals surface area contributed by atoms with E-state index in [1.165, 1.54) is 10.4 Å². The lowest BCUT2D eigenvalue weighted by molar-refractivity contribution is 0.278. The maximum atomic E-state index is 12.5. The first kappa shape index (κ1) is 15.3. The number of piperidine rings is 1. The molecule has 0 radical (unpaired) electrons. The first-order chi connectivity index (χ1) is 8.95. The van der Waals surface area contributed by atoms with E-state index in [-0.39, 0.29) is 4.90 Å². The Labute approximate surface area is 127 Å². The van der Waals surface area contributed by atoms with Crippen molar-refractivity contribution in [2.45, 2.75) is 17.7 Å². The van der Waals surface area contributed by atoms with Crippen LogP contribution in [0.1, 0.15) is 12.8 Å². The van der Waals surface area contributed by atoms with Gasteiger partial charge >= 0.3 is 0 Å². The van der Waals surface area contributed by atoms with Crippen LogP contribution in [0.15, 0.2) is 27.6 Å². The lowest BCUT2D eigenvalue weighted by Gasteiger charge is -2.30. The molecule has 1 aliphatic rings. The van der Waals surface area contributed by atoms with Crippen LogP contribution in [-0.2, 0) is 10.0 Å². The summed E-state index contributed by atoms with van der Waals surface area (Å²) in [5.74, 6) is 0.431.